The summed E-state index contributed by atoms with van der Waals surface area (Å²) in [5.74, 6) is 0.658. The SMILES string of the molecule is C[C@@H]1CN(CCC(=O)Nc2ccc(-c3cccn4c(=O)cc(N5CCOCC5)nc34)c3sc4ccccc4c23)C[C@H](C)O1. The van der Waals surface area contributed by atoms with Crippen molar-refractivity contribution in [3.63, 3.8) is 0 Å². The van der Waals surface area contributed by atoms with Gasteiger partial charge in [0.2, 0.25) is 5.91 Å². The van der Waals surface area contributed by atoms with Gasteiger partial charge in [-0.05, 0) is 38.1 Å². The molecule has 9 nitrogen and oxygen atoms in total. The lowest BCUT2D eigenvalue weighted by atomic mass is 10.0. The fraction of sp³-hybridized carbons (Fsp3) is 0.364. The van der Waals surface area contributed by atoms with Crippen LogP contribution in [0.3, 0.4) is 0 Å². The maximum Gasteiger partial charge on any atom is 0.259 e. The van der Waals surface area contributed by atoms with Crippen LogP contribution in [0.25, 0.3) is 36.9 Å². The molecule has 2 atom stereocenters. The second kappa shape index (κ2) is 11.7. The maximum absolute atomic E-state index is 13.2. The van der Waals surface area contributed by atoms with Crippen LogP contribution in [0, 0.1) is 0 Å². The largest absolute Gasteiger partial charge is 0.378 e. The first-order valence-electron chi connectivity index (χ1n) is 14.9. The summed E-state index contributed by atoms with van der Waals surface area (Å²) in [5, 5.41) is 5.32. The van der Waals surface area contributed by atoms with Crippen LogP contribution in [0.1, 0.15) is 20.3 Å². The normalized spacial score (nSPS) is 19.8. The number of carbonyl (C=O) groups is 1. The summed E-state index contributed by atoms with van der Waals surface area (Å²) in [5.41, 5.74) is 3.15. The molecule has 3 aromatic heterocycles. The van der Waals surface area contributed by atoms with E-state index in [9.17, 15) is 9.59 Å². The fourth-order valence-electron chi connectivity index (χ4n) is 6.36. The minimum Gasteiger partial charge on any atom is -0.378 e. The summed E-state index contributed by atoms with van der Waals surface area (Å²) >= 11 is 1.69. The zero-order valence-electron chi connectivity index (χ0n) is 24.4. The number of rotatable bonds is 6. The van der Waals surface area contributed by atoms with Crippen LogP contribution < -0.4 is 15.8 Å². The highest BCUT2D eigenvalue weighted by Crippen LogP contribution is 2.44. The van der Waals surface area contributed by atoms with Crippen molar-refractivity contribution in [1.82, 2.24) is 14.3 Å². The van der Waals surface area contributed by atoms with E-state index in [2.05, 4.69) is 41.1 Å². The minimum absolute atomic E-state index is 0.00957. The van der Waals surface area contributed by atoms with Gasteiger partial charge in [-0.15, -0.1) is 11.3 Å². The number of nitrogens with zero attached hydrogens (tertiary/aromatic N) is 4. The number of ether oxygens (including phenoxy) is 2. The number of aromatic nitrogens is 2. The summed E-state index contributed by atoms with van der Waals surface area (Å²) in [4.78, 5) is 35.9. The molecule has 10 heteroatoms. The summed E-state index contributed by atoms with van der Waals surface area (Å²) in [6, 6.07) is 17.8. The molecule has 7 rings (SSSR count). The Balaban J connectivity index is 1.27. The lowest BCUT2D eigenvalue weighted by Gasteiger charge is -2.35. The topological polar surface area (TPSA) is 88.4 Å². The number of fused-ring (bicyclic) bond motifs is 4. The van der Waals surface area contributed by atoms with Crippen molar-refractivity contribution in [2.24, 2.45) is 0 Å². The number of carbonyl (C=O) groups excluding carboxylic acids is 1. The third-order valence-corrected chi connectivity index (χ3v) is 9.46. The Morgan fingerprint density at radius 3 is 2.63 bits per heavy atom. The number of pyridine rings is 1. The van der Waals surface area contributed by atoms with Gasteiger partial charge >= 0.3 is 0 Å². The van der Waals surface area contributed by atoms with Crippen molar-refractivity contribution in [1.29, 1.82) is 0 Å². The molecule has 1 N–H and O–H groups in total. The number of hydrogen-bond donors (Lipinski definition) is 1. The zero-order chi connectivity index (χ0) is 29.5. The standard InChI is InChI=1S/C33H35N5O4S/c1-21-19-36(20-22(2)42-21)13-11-29(39)34-26-10-9-23(32-31(26)25-6-3-4-8-27(25)43-32)24-7-5-12-38-30(40)18-28(35-33(24)38)37-14-16-41-17-15-37/h3-10,12,18,21-22H,11,13-17,19-20H2,1-2H3,(H,34,39)/t21-,22+. The fourth-order valence-corrected chi connectivity index (χ4v) is 7.62. The van der Waals surface area contributed by atoms with Gasteiger partial charge in [0.25, 0.3) is 5.56 Å². The number of anilines is 2. The predicted octanol–water partition coefficient (Wildman–Crippen LogP) is 5.00. The molecule has 1 amide bonds. The van der Waals surface area contributed by atoms with E-state index in [0.717, 1.165) is 50.1 Å². The van der Waals surface area contributed by atoms with Gasteiger partial charge in [0.05, 0.1) is 31.1 Å². The first kappa shape index (κ1) is 28.0. The molecule has 2 aliphatic rings. The van der Waals surface area contributed by atoms with Crippen molar-refractivity contribution in [2.75, 3.05) is 56.2 Å². The molecule has 0 spiro atoms. The van der Waals surface area contributed by atoms with Gasteiger partial charge in [-0.3, -0.25) is 18.9 Å². The predicted molar refractivity (Wildman–Crippen MR) is 173 cm³/mol. The number of morpholine rings is 2. The number of nitrogens with one attached hydrogen (secondary N) is 1. The van der Waals surface area contributed by atoms with Crippen LogP contribution in [0.4, 0.5) is 11.5 Å². The van der Waals surface area contributed by atoms with E-state index in [1.54, 1.807) is 28.0 Å². The van der Waals surface area contributed by atoms with Crippen LogP contribution in [0.15, 0.2) is 65.6 Å². The molecule has 222 valence electrons. The summed E-state index contributed by atoms with van der Waals surface area (Å²) in [6.45, 7) is 9.14. The lowest BCUT2D eigenvalue weighted by molar-refractivity contribution is -0.117. The highest BCUT2D eigenvalue weighted by atomic mass is 32.1. The first-order chi connectivity index (χ1) is 20.9. The van der Waals surface area contributed by atoms with E-state index in [-0.39, 0.29) is 23.7 Å². The second-order valence-electron chi connectivity index (χ2n) is 11.4. The van der Waals surface area contributed by atoms with Crippen molar-refractivity contribution >= 4 is 54.6 Å². The number of amides is 1. The molecule has 0 saturated carbocycles. The minimum atomic E-state index is -0.117. The number of thiophene rings is 1. The van der Waals surface area contributed by atoms with Crippen LogP contribution in [0.5, 0.6) is 0 Å². The Labute approximate surface area is 253 Å². The molecular weight excluding hydrogens is 562 g/mol. The van der Waals surface area contributed by atoms with Gasteiger partial charge in [0.1, 0.15) is 11.5 Å². The van der Waals surface area contributed by atoms with Gasteiger partial charge in [-0.25, -0.2) is 4.98 Å². The average Bonchev–Trinajstić information content (AvgIpc) is 3.40. The molecule has 0 radical (unpaired) electrons. The van der Waals surface area contributed by atoms with Crippen molar-refractivity contribution in [2.45, 2.75) is 32.5 Å². The Bertz CT molecular complexity index is 1870. The molecule has 2 saturated heterocycles. The molecule has 2 aliphatic heterocycles. The average molecular weight is 598 g/mol. The number of benzene rings is 2. The molecule has 5 aromatic rings. The zero-order valence-corrected chi connectivity index (χ0v) is 25.2. The van der Waals surface area contributed by atoms with Crippen LogP contribution in [-0.4, -0.2) is 78.3 Å². The van der Waals surface area contributed by atoms with Crippen molar-refractivity contribution in [3.8, 4) is 11.1 Å². The van der Waals surface area contributed by atoms with E-state index >= 15 is 0 Å². The molecule has 0 aliphatic carbocycles. The highest BCUT2D eigenvalue weighted by molar-refractivity contribution is 7.26. The van der Waals surface area contributed by atoms with E-state index in [0.29, 0.717) is 50.7 Å². The monoisotopic (exact) mass is 597 g/mol. The van der Waals surface area contributed by atoms with E-state index in [1.165, 1.54) is 0 Å². The smallest absolute Gasteiger partial charge is 0.259 e. The molecule has 0 unspecified atom stereocenters. The molecule has 43 heavy (non-hydrogen) atoms. The molecule has 5 heterocycles. The van der Waals surface area contributed by atoms with Crippen LogP contribution in [-0.2, 0) is 14.3 Å². The van der Waals surface area contributed by atoms with Gasteiger partial charge in [0, 0.05) is 82.7 Å². The maximum atomic E-state index is 13.2. The number of hydrogen-bond acceptors (Lipinski definition) is 8. The molecule has 0 bridgehead atoms. The van der Waals surface area contributed by atoms with Crippen molar-refractivity contribution in [3.05, 3.63) is 71.1 Å². The van der Waals surface area contributed by atoms with Crippen LogP contribution >= 0.6 is 11.3 Å². The van der Waals surface area contributed by atoms with Crippen LogP contribution in [0.2, 0.25) is 0 Å². The molecule has 2 aromatic carbocycles. The Morgan fingerprint density at radius 2 is 1.81 bits per heavy atom. The third kappa shape index (κ3) is 5.51. The Morgan fingerprint density at radius 1 is 1.02 bits per heavy atom. The first-order valence-corrected chi connectivity index (χ1v) is 15.7. The van der Waals surface area contributed by atoms with E-state index in [1.807, 2.05) is 36.4 Å². The molecule has 2 fully saturated rings. The second-order valence-corrected chi connectivity index (χ2v) is 12.5. The quantitative estimate of drug-likeness (QED) is 0.295. The Kier molecular flexibility index (Phi) is 7.60. The van der Waals surface area contributed by atoms with E-state index < -0.39 is 0 Å². The van der Waals surface area contributed by atoms with Gasteiger partial charge < -0.3 is 19.7 Å². The van der Waals surface area contributed by atoms with Crippen molar-refractivity contribution < 1.29 is 14.3 Å². The van der Waals surface area contributed by atoms with Gasteiger partial charge in [0.15, 0.2) is 0 Å². The summed E-state index contributed by atoms with van der Waals surface area (Å²) in [6.07, 6.45) is 2.51. The third-order valence-electron chi connectivity index (χ3n) is 8.25. The Hall–Kier alpha value is -3.83. The van der Waals surface area contributed by atoms with Gasteiger partial charge in [-0.1, -0.05) is 24.3 Å². The van der Waals surface area contributed by atoms with Gasteiger partial charge in [-0.2, -0.15) is 0 Å². The highest BCUT2D eigenvalue weighted by Gasteiger charge is 2.23. The molecular formula is C33H35N5O4S. The summed E-state index contributed by atoms with van der Waals surface area (Å²) < 4.78 is 15.2. The lowest BCUT2D eigenvalue weighted by Crippen LogP contribution is -2.46. The van der Waals surface area contributed by atoms with E-state index in [4.69, 9.17) is 14.5 Å². The summed E-state index contributed by atoms with van der Waals surface area (Å²) in [7, 11) is 0.